The van der Waals surface area contributed by atoms with E-state index in [1.807, 2.05) is 7.05 Å². The minimum Gasteiger partial charge on any atom is -0.480 e. The number of fused-ring (bicyclic) bond motifs is 1. The molecule has 128 valence electrons. The van der Waals surface area contributed by atoms with Gasteiger partial charge in [-0.3, -0.25) is 4.79 Å². The van der Waals surface area contributed by atoms with Crippen LogP contribution in [0.2, 0.25) is 5.02 Å². The highest BCUT2D eigenvalue weighted by Crippen LogP contribution is 2.15. The first kappa shape index (κ1) is 17.0. The summed E-state index contributed by atoms with van der Waals surface area (Å²) in [7, 11) is 1.83. The van der Waals surface area contributed by atoms with Gasteiger partial charge in [0.05, 0.1) is 17.4 Å². The molecule has 0 fully saturated rings. The lowest BCUT2D eigenvalue weighted by atomic mass is 10.1. The van der Waals surface area contributed by atoms with E-state index in [2.05, 4.69) is 10.3 Å². The van der Waals surface area contributed by atoms with E-state index < -0.39 is 17.9 Å². The fraction of sp³-hybridized carbons (Fsp3) is 0.167. The first-order valence-electron chi connectivity index (χ1n) is 7.63. The number of aryl methyl sites for hydroxylation is 1. The highest BCUT2D eigenvalue weighted by atomic mass is 35.5. The number of hydrogen-bond donors (Lipinski definition) is 2. The zero-order valence-electron chi connectivity index (χ0n) is 13.4. The average molecular weight is 358 g/mol. The highest BCUT2D eigenvalue weighted by molar-refractivity contribution is 6.30. The Labute approximate surface area is 149 Å². The Kier molecular flexibility index (Phi) is 4.72. The van der Waals surface area contributed by atoms with E-state index in [4.69, 9.17) is 11.6 Å². The van der Waals surface area contributed by atoms with Gasteiger partial charge in [0.1, 0.15) is 6.04 Å². The fourth-order valence-electron chi connectivity index (χ4n) is 2.57. The molecule has 0 saturated carbocycles. The van der Waals surface area contributed by atoms with Crippen molar-refractivity contribution in [1.82, 2.24) is 14.9 Å². The van der Waals surface area contributed by atoms with Crippen molar-refractivity contribution in [2.24, 2.45) is 7.05 Å². The maximum Gasteiger partial charge on any atom is 0.326 e. The summed E-state index contributed by atoms with van der Waals surface area (Å²) in [5.41, 5.74) is 2.74. The molecule has 1 unspecified atom stereocenters. The summed E-state index contributed by atoms with van der Waals surface area (Å²) in [5.74, 6) is -1.53. The van der Waals surface area contributed by atoms with Crippen LogP contribution in [0.4, 0.5) is 0 Å². The molecule has 0 bridgehead atoms. The smallest absolute Gasteiger partial charge is 0.326 e. The number of carboxylic acids is 1. The SMILES string of the molecule is Cn1cnc2ccc(C(=O)NC(Cc3ccc(Cl)cc3)C(=O)O)cc21. The third kappa shape index (κ3) is 3.80. The number of halogens is 1. The lowest BCUT2D eigenvalue weighted by molar-refractivity contribution is -0.139. The molecule has 1 aromatic heterocycles. The molecule has 0 aliphatic rings. The second-order valence-corrected chi connectivity index (χ2v) is 6.19. The van der Waals surface area contributed by atoms with Crippen LogP contribution in [0.1, 0.15) is 15.9 Å². The maximum absolute atomic E-state index is 12.5. The lowest BCUT2D eigenvalue weighted by Gasteiger charge is -2.15. The Bertz CT molecular complexity index is 934. The third-order valence-electron chi connectivity index (χ3n) is 3.94. The Hall–Kier alpha value is -2.86. The minimum atomic E-state index is -1.09. The van der Waals surface area contributed by atoms with Crippen LogP contribution in [0, 0.1) is 0 Å². The summed E-state index contributed by atoms with van der Waals surface area (Å²) < 4.78 is 1.80. The number of nitrogens with zero attached hydrogens (tertiary/aromatic N) is 2. The molecule has 3 aromatic rings. The third-order valence-corrected chi connectivity index (χ3v) is 4.20. The molecule has 2 aromatic carbocycles. The van der Waals surface area contributed by atoms with E-state index in [-0.39, 0.29) is 6.42 Å². The fourth-order valence-corrected chi connectivity index (χ4v) is 2.69. The van der Waals surface area contributed by atoms with Gasteiger partial charge in [-0.2, -0.15) is 0 Å². The molecular formula is C18H16ClN3O3. The summed E-state index contributed by atoms with van der Waals surface area (Å²) in [4.78, 5) is 28.2. The second kappa shape index (κ2) is 6.94. The summed E-state index contributed by atoms with van der Waals surface area (Å²) in [5, 5.41) is 12.6. The number of carbonyl (C=O) groups is 2. The van der Waals surface area contributed by atoms with Crippen molar-refractivity contribution in [3.63, 3.8) is 0 Å². The summed E-state index contributed by atoms with van der Waals surface area (Å²) >= 11 is 5.83. The van der Waals surface area contributed by atoms with Crippen LogP contribution in [0.5, 0.6) is 0 Å². The number of aromatic nitrogens is 2. The molecule has 25 heavy (non-hydrogen) atoms. The van der Waals surface area contributed by atoms with Crippen LogP contribution in [0.15, 0.2) is 48.8 Å². The van der Waals surface area contributed by atoms with Crippen molar-refractivity contribution in [1.29, 1.82) is 0 Å². The van der Waals surface area contributed by atoms with E-state index in [0.717, 1.165) is 16.6 Å². The van der Waals surface area contributed by atoms with Crippen molar-refractivity contribution in [2.45, 2.75) is 12.5 Å². The van der Waals surface area contributed by atoms with E-state index in [1.165, 1.54) is 0 Å². The Balaban J connectivity index is 1.78. The topological polar surface area (TPSA) is 84.2 Å². The van der Waals surface area contributed by atoms with Gasteiger partial charge in [0, 0.05) is 24.1 Å². The highest BCUT2D eigenvalue weighted by Gasteiger charge is 2.21. The number of benzene rings is 2. The zero-order valence-corrected chi connectivity index (χ0v) is 14.2. The number of carboxylic acid groups (broad SMARTS) is 1. The number of amides is 1. The van der Waals surface area contributed by atoms with Crippen LogP contribution < -0.4 is 5.32 Å². The van der Waals surface area contributed by atoms with Crippen molar-refractivity contribution < 1.29 is 14.7 Å². The van der Waals surface area contributed by atoms with Crippen molar-refractivity contribution >= 4 is 34.5 Å². The summed E-state index contributed by atoms with van der Waals surface area (Å²) in [6, 6.07) is 10.9. The van der Waals surface area contributed by atoms with Crippen molar-refractivity contribution in [3.05, 3.63) is 64.9 Å². The van der Waals surface area contributed by atoms with Gasteiger partial charge < -0.3 is 15.0 Å². The van der Waals surface area contributed by atoms with Gasteiger partial charge in [-0.25, -0.2) is 9.78 Å². The molecule has 1 amide bonds. The predicted octanol–water partition coefficient (Wildman–Crippen LogP) is 2.65. The monoisotopic (exact) mass is 357 g/mol. The minimum absolute atomic E-state index is 0.173. The van der Waals surface area contributed by atoms with Crippen molar-refractivity contribution in [3.8, 4) is 0 Å². The van der Waals surface area contributed by atoms with E-state index >= 15 is 0 Å². The molecular weight excluding hydrogens is 342 g/mol. The Morgan fingerprint density at radius 2 is 1.96 bits per heavy atom. The molecule has 0 radical (unpaired) electrons. The molecule has 0 aliphatic carbocycles. The largest absolute Gasteiger partial charge is 0.480 e. The molecule has 2 N–H and O–H groups in total. The van der Waals surface area contributed by atoms with Crippen LogP contribution in [-0.2, 0) is 18.3 Å². The lowest BCUT2D eigenvalue weighted by Crippen LogP contribution is -2.42. The van der Waals surface area contributed by atoms with E-state index in [1.54, 1.807) is 53.4 Å². The molecule has 6 nitrogen and oxygen atoms in total. The molecule has 1 atom stereocenters. The van der Waals surface area contributed by atoms with Gasteiger partial charge in [-0.15, -0.1) is 0 Å². The molecule has 3 rings (SSSR count). The molecule has 0 saturated heterocycles. The number of carbonyl (C=O) groups excluding carboxylic acids is 1. The molecule has 7 heteroatoms. The van der Waals surface area contributed by atoms with Gasteiger partial charge in [0.25, 0.3) is 5.91 Å². The second-order valence-electron chi connectivity index (χ2n) is 5.75. The Morgan fingerprint density at radius 1 is 1.24 bits per heavy atom. The van der Waals surface area contributed by atoms with Crippen LogP contribution in [-0.4, -0.2) is 32.6 Å². The average Bonchev–Trinajstić information content (AvgIpc) is 2.96. The standard InChI is InChI=1S/C18H16ClN3O3/c1-22-10-20-14-7-4-12(9-16(14)22)17(23)21-15(18(24)25)8-11-2-5-13(19)6-3-11/h2-7,9-10,15H,8H2,1H3,(H,21,23)(H,24,25). The van der Waals surface area contributed by atoms with E-state index in [0.29, 0.717) is 10.6 Å². The van der Waals surface area contributed by atoms with Crippen molar-refractivity contribution in [2.75, 3.05) is 0 Å². The van der Waals surface area contributed by atoms with Crippen LogP contribution in [0.3, 0.4) is 0 Å². The van der Waals surface area contributed by atoms with Gasteiger partial charge >= 0.3 is 5.97 Å². The summed E-state index contributed by atoms with van der Waals surface area (Å²) in [6.45, 7) is 0. The molecule has 0 aliphatic heterocycles. The quantitative estimate of drug-likeness (QED) is 0.735. The van der Waals surface area contributed by atoms with Gasteiger partial charge in [0.2, 0.25) is 0 Å². The first-order valence-corrected chi connectivity index (χ1v) is 8.01. The predicted molar refractivity (Wildman–Crippen MR) is 94.8 cm³/mol. The molecule has 1 heterocycles. The molecule has 0 spiro atoms. The van der Waals surface area contributed by atoms with Crippen LogP contribution in [0.25, 0.3) is 11.0 Å². The number of aliphatic carboxylic acids is 1. The first-order chi connectivity index (χ1) is 11.9. The van der Waals surface area contributed by atoms with E-state index in [9.17, 15) is 14.7 Å². The van der Waals surface area contributed by atoms with Gasteiger partial charge in [-0.05, 0) is 35.9 Å². The number of hydrogen-bond acceptors (Lipinski definition) is 3. The van der Waals surface area contributed by atoms with Gasteiger partial charge in [0.15, 0.2) is 0 Å². The number of imidazole rings is 1. The van der Waals surface area contributed by atoms with Crippen LogP contribution >= 0.6 is 11.6 Å². The summed E-state index contributed by atoms with van der Waals surface area (Å²) in [6.07, 6.45) is 1.83. The van der Waals surface area contributed by atoms with Gasteiger partial charge in [-0.1, -0.05) is 23.7 Å². The number of rotatable bonds is 5. The normalized spacial score (nSPS) is 12.1. The Morgan fingerprint density at radius 3 is 2.64 bits per heavy atom. The maximum atomic E-state index is 12.5. The number of nitrogens with one attached hydrogen (secondary N) is 1. The zero-order chi connectivity index (χ0) is 18.0.